The second kappa shape index (κ2) is 7.72. The molecule has 6 heteroatoms. The van der Waals surface area contributed by atoms with E-state index in [2.05, 4.69) is 41.2 Å². The minimum atomic E-state index is 0.0608. The average molecular weight is 308 g/mol. The van der Waals surface area contributed by atoms with Gasteiger partial charge >= 0.3 is 0 Å². The van der Waals surface area contributed by atoms with Crippen LogP contribution in [-0.4, -0.2) is 40.6 Å². The Kier molecular flexibility index (Phi) is 5.94. The Labute approximate surface area is 132 Å². The molecular formula is C16H28N4O2. The molecule has 1 saturated heterocycles. The highest BCUT2D eigenvalue weighted by Gasteiger charge is 2.30. The summed E-state index contributed by atoms with van der Waals surface area (Å²) in [5.41, 5.74) is 0. The Bertz CT molecular complexity index is 486. The number of aromatic nitrogens is 2. The van der Waals surface area contributed by atoms with E-state index in [-0.39, 0.29) is 17.9 Å². The number of nitrogens with one attached hydrogen (secondary N) is 1. The smallest absolute Gasteiger partial charge is 0.233 e. The van der Waals surface area contributed by atoms with Gasteiger partial charge in [0.05, 0.1) is 12.0 Å². The topological polar surface area (TPSA) is 71.3 Å². The van der Waals surface area contributed by atoms with E-state index in [0.29, 0.717) is 24.2 Å². The number of rotatable bonds is 6. The van der Waals surface area contributed by atoms with Crippen molar-refractivity contribution in [3.8, 4) is 0 Å². The molecule has 1 aromatic rings. The lowest BCUT2D eigenvalue weighted by Crippen LogP contribution is -2.43. The molecule has 2 unspecified atom stereocenters. The summed E-state index contributed by atoms with van der Waals surface area (Å²) in [5, 5.41) is 11.2. The van der Waals surface area contributed by atoms with Crippen LogP contribution in [-0.2, 0) is 11.2 Å². The molecule has 1 N–H and O–H groups in total. The summed E-state index contributed by atoms with van der Waals surface area (Å²) in [6, 6.07) is 0.0608. The predicted molar refractivity (Wildman–Crippen MR) is 84.2 cm³/mol. The van der Waals surface area contributed by atoms with Crippen molar-refractivity contribution in [2.24, 2.45) is 11.8 Å². The van der Waals surface area contributed by atoms with Gasteiger partial charge in [-0.05, 0) is 39.2 Å². The predicted octanol–water partition coefficient (Wildman–Crippen LogP) is 2.18. The van der Waals surface area contributed by atoms with Gasteiger partial charge in [0, 0.05) is 19.5 Å². The third-order valence-corrected chi connectivity index (χ3v) is 4.15. The average Bonchev–Trinajstić information content (AvgIpc) is 2.94. The number of nitrogens with zero attached hydrogens (tertiary/aromatic N) is 3. The lowest BCUT2D eigenvalue weighted by Gasteiger charge is -2.34. The van der Waals surface area contributed by atoms with Crippen LogP contribution < -0.4 is 5.32 Å². The first-order valence-electron chi connectivity index (χ1n) is 8.35. The van der Waals surface area contributed by atoms with E-state index >= 15 is 0 Å². The van der Waals surface area contributed by atoms with E-state index in [4.69, 9.17) is 4.42 Å². The van der Waals surface area contributed by atoms with Gasteiger partial charge < -0.3 is 9.73 Å². The minimum Gasteiger partial charge on any atom is -0.424 e. The van der Waals surface area contributed by atoms with Gasteiger partial charge in [-0.1, -0.05) is 13.8 Å². The van der Waals surface area contributed by atoms with Crippen LogP contribution in [0, 0.1) is 11.8 Å². The monoisotopic (exact) mass is 308 g/mol. The van der Waals surface area contributed by atoms with Gasteiger partial charge in [-0.3, -0.25) is 9.69 Å². The highest BCUT2D eigenvalue weighted by atomic mass is 16.4. The van der Waals surface area contributed by atoms with Gasteiger partial charge in [-0.2, -0.15) is 0 Å². The normalized spacial score (nSPS) is 21.0. The molecule has 1 fully saturated rings. The van der Waals surface area contributed by atoms with Crippen molar-refractivity contribution < 1.29 is 9.21 Å². The summed E-state index contributed by atoms with van der Waals surface area (Å²) >= 11 is 0. The second-order valence-corrected chi connectivity index (χ2v) is 6.54. The van der Waals surface area contributed by atoms with Crippen molar-refractivity contribution >= 4 is 5.91 Å². The van der Waals surface area contributed by atoms with Crippen molar-refractivity contribution in [3.05, 3.63) is 11.8 Å². The number of carbonyl (C=O) groups excluding carboxylic acids is 1. The fraction of sp³-hybridized carbons (Fsp3) is 0.812. The summed E-state index contributed by atoms with van der Waals surface area (Å²) in [7, 11) is 0. The first-order valence-corrected chi connectivity index (χ1v) is 8.35. The number of amides is 1. The molecule has 6 nitrogen and oxygen atoms in total. The molecule has 124 valence electrons. The number of likely N-dealkylation sites (tertiary alicyclic amines) is 1. The number of carbonyl (C=O) groups is 1. The zero-order valence-electron chi connectivity index (χ0n) is 14.1. The summed E-state index contributed by atoms with van der Waals surface area (Å²) in [6.07, 6.45) is 2.79. The number of hydrogen-bond acceptors (Lipinski definition) is 5. The van der Waals surface area contributed by atoms with Crippen molar-refractivity contribution in [1.29, 1.82) is 0 Å². The maximum Gasteiger partial charge on any atom is 0.233 e. The van der Waals surface area contributed by atoms with Crippen LogP contribution in [0.3, 0.4) is 0 Å². The van der Waals surface area contributed by atoms with Gasteiger partial charge in [-0.15, -0.1) is 10.2 Å². The first kappa shape index (κ1) is 16.9. The van der Waals surface area contributed by atoms with E-state index in [1.54, 1.807) is 0 Å². The molecule has 1 aliphatic heterocycles. The second-order valence-electron chi connectivity index (χ2n) is 6.54. The summed E-state index contributed by atoms with van der Waals surface area (Å²) in [5.74, 6) is 2.08. The van der Waals surface area contributed by atoms with Crippen LogP contribution in [0.1, 0.15) is 58.4 Å². The first-order chi connectivity index (χ1) is 10.5. The van der Waals surface area contributed by atoms with Crippen LogP contribution in [0.25, 0.3) is 0 Å². The highest BCUT2D eigenvalue weighted by molar-refractivity contribution is 5.78. The van der Waals surface area contributed by atoms with E-state index < -0.39 is 0 Å². The van der Waals surface area contributed by atoms with Crippen LogP contribution in [0.5, 0.6) is 0 Å². The molecule has 0 aromatic carbocycles. The van der Waals surface area contributed by atoms with Crippen molar-refractivity contribution in [2.45, 2.75) is 53.0 Å². The SMILES string of the molecule is CCNC(=O)C1CCCN(C(C)c2nnc(CC(C)C)o2)C1. The Morgan fingerprint density at radius 1 is 1.41 bits per heavy atom. The van der Waals surface area contributed by atoms with Crippen molar-refractivity contribution in [3.63, 3.8) is 0 Å². The van der Waals surface area contributed by atoms with Crippen LogP contribution in [0.15, 0.2) is 4.42 Å². The summed E-state index contributed by atoms with van der Waals surface area (Å²) in [4.78, 5) is 14.3. The molecule has 2 rings (SSSR count). The van der Waals surface area contributed by atoms with Gasteiger partial charge in [0.2, 0.25) is 17.7 Å². The molecule has 0 bridgehead atoms. The molecule has 2 heterocycles. The molecule has 0 saturated carbocycles. The molecule has 0 spiro atoms. The maximum absolute atomic E-state index is 12.0. The molecule has 22 heavy (non-hydrogen) atoms. The van der Waals surface area contributed by atoms with Gasteiger partial charge in [0.1, 0.15) is 0 Å². The Balaban J connectivity index is 1.97. The van der Waals surface area contributed by atoms with Crippen LogP contribution in [0.4, 0.5) is 0 Å². The lowest BCUT2D eigenvalue weighted by molar-refractivity contribution is -0.127. The summed E-state index contributed by atoms with van der Waals surface area (Å²) < 4.78 is 5.79. The highest BCUT2D eigenvalue weighted by Crippen LogP contribution is 2.26. The third-order valence-electron chi connectivity index (χ3n) is 4.15. The Morgan fingerprint density at radius 3 is 2.86 bits per heavy atom. The van der Waals surface area contributed by atoms with Gasteiger partial charge in [0.25, 0.3) is 0 Å². The molecule has 0 aliphatic carbocycles. The zero-order valence-corrected chi connectivity index (χ0v) is 14.1. The number of hydrogen-bond donors (Lipinski definition) is 1. The standard InChI is InChI=1S/C16H28N4O2/c1-5-17-15(21)13-7-6-8-20(10-13)12(4)16-19-18-14(22-16)9-11(2)3/h11-13H,5-10H2,1-4H3,(H,17,21). The van der Waals surface area contributed by atoms with Crippen LogP contribution >= 0.6 is 0 Å². The van der Waals surface area contributed by atoms with Gasteiger partial charge in [0.15, 0.2) is 0 Å². The van der Waals surface area contributed by atoms with E-state index in [1.165, 1.54) is 0 Å². The third kappa shape index (κ3) is 4.29. The lowest BCUT2D eigenvalue weighted by atomic mass is 9.96. The number of piperidine rings is 1. The molecule has 1 amide bonds. The molecular weight excluding hydrogens is 280 g/mol. The molecule has 2 atom stereocenters. The van der Waals surface area contributed by atoms with Crippen molar-refractivity contribution in [2.75, 3.05) is 19.6 Å². The maximum atomic E-state index is 12.0. The largest absolute Gasteiger partial charge is 0.424 e. The molecule has 0 radical (unpaired) electrons. The quantitative estimate of drug-likeness (QED) is 0.872. The summed E-state index contributed by atoms with van der Waals surface area (Å²) in [6.45, 7) is 10.7. The van der Waals surface area contributed by atoms with E-state index in [9.17, 15) is 4.79 Å². The zero-order chi connectivity index (χ0) is 16.1. The Hall–Kier alpha value is -1.43. The van der Waals surface area contributed by atoms with Crippen LogP contribution in [0.2, 0.25) is 0 Å². The molecule has 1 aromatic heterocycles. The van der Waals surface area contributed by atoms with Gasteiger partial charge in [-0.25, -0.2) is 0 Å². The minimum absolute atomic E-state index is 0.0608. The van der Waals surface area contributed by atoms with E-state index in [0.717, 1.165) is 32.4 Å². The Morgan fingerprint density at radius 2 is 2.18 bits per heavy atom. The fourth-order valence-electron chi connectivity index (χ4n) is 2.91. The van der Waals surface area contributed by atoms with Crippen molar-refractivity contribution in [1.82, 2.24) is 20.4 Å². The fourth-order valence-corrected chi connectivity index (χ4v) is 2.91. The van der Waals surface area contributed by atoms with E-state index in [1.807, 2.05) is 6.92 Å². The molecule has 1 aliphatic rings.